The Labute approximate surface area is 86.8 Å². The second kappa shape index (κ2) is 4.48. The smallest absolute Gasteiger partial charge is 0.107 e. The molecule has 1 N–H and O–H groups in total. The van der Waals surface area contributed by atoms with Gasteiger partial charge in [0, 0.05) is 17.9 Å². The molecule has 2 rings (SSSR count). The van der Waals surface area contributed by atoms with Gasteiger partial charge in [0.25, 0.3) is 0 Å². The number of nitrogens with zero attached hydrogens (tertiary/aromatic N) is 4. The maximum absolute atomic E-state index is 8.11. The summed E-state index contributed by atoms with van der Waals surface area (Å²) in [4.78, 5) is 10.4. The van der Waals surface area contributed by atoms with Crippen LogP contribution in [0, 0.1) is 0 Å². The van der Waals surface area contributed by atoms with Crippen molar-refractivity contribution in [2.75, 3.05) is 6.54 Å². The minimum atomic E-state index is 0.521. The molecule has 0 aliphatic carbocycles. The molecule has 0 bridgehead atoms. The molecular weight excluding hydrogens is 190 g/mol. The number of aromatic nitrogens is 2. The molecule has 0 spiro atoms. The zero-order chi connectivity index (χ0) is 10.5. The van der Waals surface area contributed by atoms with Crippen LogP contribution in [0.25, 0.3) is 21.5 Å². The van der Waals surface area contributed by atoms with Crippen LogP contribution in [0.2, 0.25) is 0 Å². The molecule has 0 unspecified atom stereocenters. The Kier molecular flexibility index (Phi) is 2.85. The summed E-state index contributed by atoms with van der Waals surface area (Å²) in [6.45, 7) is 0.521. The summed E-state index contributed by atoms with van der Waals surface area (Å²) in [6.07, 6.45) is 1.64. The summed E-state index contributed by atoms with van der Waals surface area (Å²) in [6, 6.07) is 7.92. The molecule has 0 saturated heterocycles. The third kappa shape index (κ3) is 2.27. The van der Waals surface area contributed by atoms with Gasteiger partial charge in [0.15, 0.2) is 0 Å². The van der Waals surface area contributed by atoms with E-state index in [1.807, 2.05) is 24.3 Å². The number of aryl methyl sites for hydroxylation is 1. The Balaban J connectivity index is 2.05. The Hall–Kier alpha value is -2.00. The van der Waals surface area contributed by atoms with Crippen molar-refractivity contribution in [1.82, 2.24) is 9.97 Å². The van der Waals surface area contributed by atoms with Crippen molar-refractivity contribution in [3.05, 3.63) is 40.5 Å². The number of H-pyrrole nitrogens is 1. The van der Waals surface area contributed by atoms with E-state index in [2.05, 4.69) is 20.0 Å². The highest BCUT2D eigenvalue weighted by Gasteiger charge is 2.00. The van der Waals surface area contributed by atoms with Crippen LogP contribution >= 0.6 is 0 Å². The number of benzene rings is 1. The van der Waals surface area contributed by atoms with Crippen LogP contribution in [-0.2, 0) is 6.42 Å². The van der Waals surface area contributed by atoms with Gasteiger partial charge >= 0.3 is 0 Å². The number of rotatable bonds is 4. The largest absolute Gasteiger partial charge is 0.342 e. The molecule has 0 amide bonds. The monoisotopic (exact) mass is 201 g/mol. The molecule has 5 heteroatoms. The molecular formula is C10H11N5. The first-order valence-corrected chi connectivity index (χ1v) is 4.84. The molecule has 0 atom stereocenters. The number of azide groups is 1. The molecule has 1 aromatic heterocycles. The highest BCUT2D eigenvalue weighted by atomic mass is 15.1. The lowest BCUT2D eigenvalue weighted by Gasteiger charge is -1.91. The minimum absolute atomic E-state index is 0.521. The number of aromatic amines is 1. The van der Waals surface area contributed by atoms with Crippen LogP contribution in [0.1, 0.15) is 12.2 Å². The lowest BCUT2D eigenvalue weighted by Crippen LogP contribution is -1.89. The van der Waals surface area contributed by atoms with Crippen molar-refractivity contribution in [2.45, 2.75) is 12.8 Å². The number of para-hydroxylation sites is 2. The van der Waals surface area contributed by atoms with Gasteiger partial charge in [-0.25, -0.2) is 4.98 Å². The van der Waals surface area contributed by atoms with Crippen LogP contribution in [0.3, 0.4) is 0 Å². The van der Waals surface area contributed by atoms with Crippen LogP contribution in [-0.4, -0.2) is 16.5 Å². The van der Waals surface area contributed by atoms with E-state index in [0.29, 0.717) is 6.54 Å². The molecule has 0 radical (unpaired) electrons. The normalized spacial score (nSPS) is 10.1. The van der Waals surface area contributed by atoms with E-state index in [9.17, 15) is 0 Å². The fourth-order valence-electron chi connectivity index (χ4n) is 1.49. The summed E-state index contributed by atoms with van der Waals surface area (Å²) in [5.74, 6) is 0.948. The van der Waals surface area contributed by atoms with Crippen molar-refractivity contribution in [2.24, 2.45) is 5.11 Å². The van der Waals surface area contributed by atoms with Crippen LogP contribution in [0.15, 0.2) is 29.4 Å². The molecule has 0 aliphatic heterocycles. The van der Waals surface area contributed by atoms with E-state index < -0.39 is 0 Å². The molecule has 0 saturated carbocycles. The standard InChI is InChI=1S/C10H11N5/c11-15-12-7-3-6-10-13-8-4-1-2-5-9(8)14-10/h1-2,4-5H,3,6-7H2,(H,13,14). The Bertz CT molecular complexity index is 462. The van der Waals surface area contributed by atoms with Crippen LogP contribution < -0.4 is 0 Å². The summed E-state index contributed by atoms with van der Waals surface area (Å²) in [5, 5.41) is 3.48. The minimum Gasteiger partial charge on any atom is -0.342 e. The van der Waals surface area contributed by atoms with E-state index in [0.717, 1.165) is 29.7 Å². The number of fused-ring (bicyclic) bond motifs is 1. The molecule has 1 aromatic carbocycles. The zero-order valence-corrected chi connectivity index (χ0v) is 8.22. The molecule has 1 heterocycles. The van der Waals surface area contributed by atoms with Crippen LogP contribution in [0.5, 0.6) is 0 Å². The first-order valence-electron chi connectivity index (χ1n) is 4.84. The van der Waals surface area contributed by atoms with E-state index >= 15 is 0 Å². The highest BCUT2D eigenvalue weighted by Crippen LogP contribution is 2.11. The SMILES string of the molecule is [N-]=[N+]=NCCCc1nc2ccccc2[nH]1. The van der Waals surface area contributed by atoms with Crippen molar-refractivity contribution in [1.29, 1.82) is 0 Å². The fraction of sp³-hybridized carbons (Fsp3) is 0.300. The van der Waals surface area contributed by atoms with E-state index in [1.54, 1.807) is 0 Å². The Morgan fingerprint density at radius 2 is 2.27 bits per heavy atom. The summed E-state index contributed by atoms with van der Waals surface area (Å²) in [5.41, 5.74) is 10.1. The van der Waals surface area contributed by atoms with Crippen molar-refractivity contribution in [3.63, 3.8) is 0 Å². The fourth-order valence-corrected chi connectivity index (χ4v) is 1.49. The lowest BCUT2D eigenvalue weighted by molar-refractivity contribution is 0.793. The summed E-state index contributed by atoms with van der Waals surface area (Å²) < 4.78 is 0. The van der Waals surface area contributed by atoms with E-state index in [-0.39, 0.29) is 0 Å². The van der Waals surface area contributed by atoms with Gasteiger partial charge in [0.05, 0.1) is 11.0 Å². The number of imidazole rings is 1. The number of nitrogens with one attached hydrogen (secondary N) is 1. The van der Waals surface area contributed by atoms with Gasteiger partial charge in [-0.05, 0) is 24.1 Å². The maximum atomic E-state index is 8.11. The van der Waals surface area contributed by atoms with Crippen molar-refractivity contribution >= 4 is 11.0 Å². The van der Waals surface area contributed by atoms with Gasteiger partial charge in [-0.2, -0.15) is 0 Å². The Morgan fingerprint density at radius 1 is 1.40 bits per heavy atom. The van der Waals surface area contributed by atoms with Gasteiger partial charge in [0.2, 0.25) is 0 Å². The molecule has 5 nitrogen and oxygen atoms in total. The molecule has 0 fully saturated rings. The third-order valence-electron chi connectivity index (χ3n) is 2.17. The molecule has 2 aromatic rings. The van der Waals surface area contributed by atoms with Gasteiger partial charge in [-0.1, -0.05) is 17.2 Å². The molecule has 76 valence electrons. The van der Waals surface area contributed by atoms with Gasteiger partial charge in [-0.3, -0.25) is 0 Å². The zero-order valence-electron chi connectivity index (χ0n) is 8.22. The van der Waals surface area contributed by atoms with Gasteiger partial charge in [0.1, 0.15) is 5.82 Å². The average Bonchev–Trinajstić information content (AvgIpc) is 2.67. The second-order valence-corrected chi connectivity index (χ2v) is 3.26. The second-order valence-electron chi connectivity index (χ2n) is 3.26. The lowest BCUT2D eigenvalue weighted by atomic mass is 10.3. The summed E-state index contributed by atoms with van der Waals surface area (Å²) >= 11 is 0. The van der Waals surface area contributed by atoms with E-state index in [4.69, 9.17) is 5.53 Å². The van der Waals surface area contributed by atoms with Gasteiger partial charge < -0.3 is 4.98 Å². The van der Waals surface area contributed by atoms with Gasteiger partial charge in [-0.15, -0.1) is 0 Å². The number of hydrogen-bond acceptors (Lipinski definition) is 2. The van der Waals surface area contributed by atoms with E-state index in [1.165, 1.54) is 0 Å². The molecule has 15 heavy (non-hydrogen) atoms. The quantitative estimate of drug-likeness (QED) is 0.351. The first-order chi connectivity index (χ1) is 7.40. The molecule has 0 aliphatic rings. The average molecular weight is 201 g/mol. The number of hydrogen-bond donors (Lipinski definition) is 1. The predicted molar refractivity (Wildman–Crippen MR) is 58.4 cm³/mol. The van der Waals surface area contributed by atoms with Crippen LogP contribution in [0.4, 0.5) is 0 Å². The first kappa shape index (κ1) is 9.55. The van der Waals surface area contributed by atoms with Crippen molar-refractivity contribution < 1.29 is 0 Å². The summed E-state index contributed by atoms with van der Waals surface area (Å²) in [7, 11) is 0. The topological polar surface area (TPSA) is 77.4 Å². The Morgan fingerprint density at radius 3 is 3.07 bits per heavy atom. The highest BCUT2D eigenvalue weighted by molar-refractivity contribution is 5.74. The predicted octanol–water partition coefficient (Wildman–Crippen LogP) is 2.81. The maximum Gasteiger partial charge on any atom is 0.107 e. The van der Waals surface area contributed by atoms with Crippen molar-refractivity contribution in [3.8, 4) is 0 Å². The third-order valence-corrected chi connectivity index (χ3v) is 2.17.